The van der Waals surface area contributed by atoms with Gasteiger partial charge in [0.25, 0.3) is 0 Å². The molecule has 0 aromatic rings. The first-order valence-corrected chi connectivity index (χ1v) is 6.83. The van der Waals surface area contributed by atoms with Crippen molar-refractivity contribution in [3.05, 3.63) is 0 Å². The molecular formula is C14H28N2O3. The van der Waals surface area contributed by atoms with Crippen LogP contribution in [0.2, 0.25) is 0 Å². The second-order valence-corrected chi connectivity index (χ2v) is 6.19. The molecule has 0 saturated carbocycles. The molecule has 5 heteroatoms. The molecule has 0 radical (unpaired) electrons. The molecule has 0 rings (SSSR count). The van der Waals surface area contributed by atoms with E-state index in [0.717, 1.165) is 13.0 Å². The Kier molecular flexibility index (Phi) is 7.68. The van der Waals surface area contributed by atoms with E-state index in [1.807, 2.05) is 0 Å². The Hall–Kier alpha value is -1.10. The quantitative estimate of drug-likeness (QED) is 0.627. The van der Waals surface area contributed by atoms with Crippen LogP contribution in [-0.2, 0) is 9.59 Å². The molecular weight excluding hydrogens is 244 g/mol. The van der Waals surface area contributed by atoms with Crippen LogP contribution >= 0.6 is 0 Å². The minimum Gasteiger partial charge on any atom is -0.481 e. The number of hydrogen-bond acceptors (Lipinski definition) is 3. The topological polar surface area (TPSA) is 69.6 Å². The first-order valence-electron chi connectivity index (χ1n) is 6.83. The molecule has 0 saturated heterocycles. The number of nitrogens with zero attached hydrogens (tertiary/aromatic N) is 1. The van der Waals surface area contributed by atoms with Gasteiger partial charge in [0, 0.05) is 19.0 Å². The van der Waals surface area contributed by atoms with E-state index in [2.05, 4.69) is 31.1 Å². The maximum Gasteiger partial charge on any atom is 0.303 e. The number of hydrogen-bond donors (Lipinski definition) is 2. The van der Waals surface area contributed by atoms with E-state index >= 15 is 0 Å². The molecule has 2 N–H and O–H groups in total. The maximum absolute atomic E-state index is 11.7. The Morgan fingerprint density at radius 1 is 1.26 bits per heavy atom. The molecule has 0 aromatic carbocycles. The van der Waals surface area contributed by atoms with Crippen LogP contribution in [0.4, 0.5) is 0 Å². The van der Waals surface area contributed by atoms with Crippen LogP contribution in [0.25, 0.3) is 0 Å². The summed E-state index contributed by atoms with van der Waals surface area (Å²) in [7, 11) is 2.06. The van der Waals surface area contributed by atoms with Crippen molar-refractivity contribution in [2.24, 2.45) is 5.41 Å². The number of carboxylic acid groups (broad SMARTS) is 1. The van der Waals surface area contributed by atoms with E-state index in [0.29, 0.717) is 12.6 Å². The van der Waals surface area contributed by atoms with E-state index < -0.39 is 11.4 Å². The van der Waals surface area contributed by atoms with Gasteiger partial charge in [-0.05, 0) is 39.3 Å². The third-order valence-electron chi connectivity index (χ3n) is 3.16. The van der Waals surface area contributed by atoms with Crippen molar-refractivity contribution in [2.45, 2.75) is 53.0 Å². The number of carbonyl (C=O) groups is 2. The van der Waals surface area contributed by atoms with Crippen LogP contribution in [0.5, 0.6) is 0 Å². The summed E-state index contributed by atoms with van der Waals surface area (Å²) in [5.74, 6) is -0.935. The number of rotatable bonds is 9. The van der Waals surface area contributed by atoms with Gasteiger partial charge in [-0.3, -0.25) is 9.59 Å². The average Bonchev–Trinajstić information content (AvgIpc) is 2.20. The maximum atomic E-state index is 11.7. The SMILES string of the molecule is CC(C)N(C)CCCNC(=O)CC(C)(C)CC(=O)O. The summed E-state index contributed by atoms with van der Waals surface area (Å²) in [4.78, 5) is 24.6. The molecule has 112 valence electrons. The van der Waals surface area contributed by atoms with Gasteiger partial charge in [0.15, 0.2) is 0 Å². The zero-order valence-corrected chi connectivity index (χ0v) is 12.8. The summed E-state index contributed by atoms with van der Waals surface area (Å²) in [5, 5.41) is 11.6. The summed E-state index contributed by atoms with van der Waals surface area (Å²) in [6.07, 6.45) is 1.16. The molecule has 0 bridgehead atoms. The lowest BCUT2D eigenvalue weighted by Gasteiger charge is -2.22. The van der Waals surface area contributed by atoms with Crippen molar-refractivity contribution < 1.29 is 14.7 Å². The van der Waals surface area contributed by atoms with Crippen molar-refractivity contribution >= 4 is 11.9 Å². The van der Waals surface area contributed by atoms with Crippen molar-refractivity contribution in [1.82, 2.24) is 10.2 Å². The van der Waals surface area contributed by atoms with Crippen LogP contribution in [0, 0.1) is 5.41 Å². The number of nitrogens with one attached hydrogen (secondary N) is 1. The second-order valence-electron chi connectivity index (χ2n) is 6.19. The largest absolute Gasteiger partial charge is 0.481 e. The first kappa shape index (κ1) is 17.9. The van der Waals surface area contributed by atoms with E-state index in [-0.39, 0.29) is 18.7 Å². The fourth-order valence-electron chi connectivity index (χ4n) is 1.78. The van der Waals surface area contributed by atoms with Crippen molar-refractivity contribution in [3.63, 3.8) is 0 Å². The number of carbonyl (C=O) groups excluding carboxylic acids is 1. The third-order valence-corrected chi connectivity index (χ3v) is 3.16. The van der Waals surface area contributed by atoms with E-state index in [4.69, 9.17) is 5.11 Å². The van der Waals surface area contributed by atoms with E-state index in [1.165, 1.54) is 0 Å². The molecule has 19 heavy (non-hydrogen) atoms. The monoisotopic (exact) mass is 272 g/mol. The molecule has 0 aliphatic carbocycles. The summed E-state index contributed by atoms with van der Waals surface area (Å²) in [5.41, 5.74) is -0.495. The van der Waals surface area contributed by atoms with Gasteiger partial charge in [0.2, 0.25) is 5.91 Å². The van der Waals surface area contributed by atoms with Gasteiger partial charge < -0.3 is 15.3 Å². The zero-order chi connectivity index (χ0) is 15.1. The van der Waals surface area contributed by atoms with Crippen molar-refractivity contribution in [1.29, 1.82) is 0 Å². The van der Waals surface area contributed by atoms with Gasteiger partial charge in [-0.15, -0.1) is 0 Å². The molecule has 1 amide bonds. The Labute approximate surface area is 116 Å². The fraction of sp³-hybridized carbons (Fsp3) is 0.857. The van der Waals surface area contributed by atoms with Crippen molar-refractivity contribution in [3.8, 4) is 0 Å². The van der Waals surface area contributed by atoms with E-state index in [9.17, 15) is 9.59 Å². The first-order chi connectivity index (χ1) is 8.64. The van der Waals surface area contributed by atoms with E-state index in [1.54, 1.807) is 13.8 Å². The van der Waals surface area contributed by atoms with Crippen LogP contribution < -0.4 is 5.32 Å². The standard InChI is InChI=1S/C14H28N2O3/c1-11(2)16(5)8-6-7-15-12(17)9-14(3,4)10-13(18)19/h11H,6-10H2,1-5H3,(H,15,17)(H,18,19). The van der Waals surface area contributed by atoms with Crippen molar-refractivity contribution in [2.75, 3.05) is 20.1 Å². The third kappa shape index (κ3) is 9.47. The van der Waals surface area contributed by atoms with Crippen LogP contribution in [0.3, 0.4) is 0 Å². The summed E-state index contributed by atoms with van der Waals surface area (Å²) < 4.78 is 0. The van der Waals surface area contributed by atoms with Gasteiger partial charge in [-0.1, -0.05) is 13.8 Å². The fourth-order valence-corrected chi connectivity index (χ4v) is 1.78. The lowest BCUT2D eigenvalue weighted by molar-refractivity contribution is -0.139. The molecule has 0 aliphatic heterocycles. The van der Waals surface area contributed by atoms with Gasteiger partial charge >= 0.3 is 5.97 Å². The Morgan fingerprint density at radius 2 is 1.84 bits per heavy atom. The smallest absolute Gasteiger partial charge is 0.303 e. The summed E-state index contributed by atoms with van der Waals surface area (Å²) in [6.45, 7) is 9.44. The highest BCUT2D eigenvalue weighted by Crippen LogP contribution is 2.24. The lowest BCUT2D eigenvalue weighted by Crippen LogP contribution is -2.33. The van der Waals surface area contributed by atoms with Gasteiger partial charge in [0.1, 0.15) is 0 Å². The minimum atomic E-state index is -0.864. The highest BCUT2D eigenvalue weighted by molar-refractivity contribution is 5.77. The molecule has 0 atom stereocenters. The normalized spacial score (nSPS) is 11.9. The van der Waals surface area contributed by atoms with Crippen LogP contribution in [-0.4, -0.2) is 48.1 Å². The molecule has 0 aromatic heterocycles. The average molecular weight is 272 g/mol. The van der Waals surface area contributed by atoms with Gasteiger partial charge in [-0.2, -0.15) is 0 Å². The lowest BCUT2D eigenvalue weighted by atomic mass is 9.85. The molecule has 5 nitrogen and oxygen atoms in total. The molecule has 0 spiro atoms. The van der Waals surface area contributed by atoms with Crippen LogP contribution in [0.1, 0.15) is 47.0 Å². The molecule has 0 heterocycles. The van der Waals surface area contributed by atoms with Gasteiger partial charge in [-0.25, -0.2) is 0 Å². The Bertz CT molecular complexity index is 301. The zero-order valence-electron chi connectivity index (χ0n) is 12.8. The highest BCUT2D eigenvalue weighted by Gasteiger charge is 2.24. The minimum absolute atomic E-state index is 0.0104. The Balaban J connectivity index is 3.84. The summed E-state index contributed by atoms with van der Waals surface area (Å²) >= 11 is 0. The van der Waals surface area contributed by atoms with Gasteiger partial charge in [0.05, 0.1) is 6.42 Å². The number of carboxylic acids is 1. The molecule has 0 unspecified atom stereocenters. The predicted octanol–water partition coefficient (Wildman–Crippen LogP) is 1.72. The number of amides is 1. The predicted molar refractivity (Wildman–Crippen MR) is 76.0 cm³/mol. The Morgan fingerprint density at radius 3 is 2.32 bits per heavy atom. The molecule has 0 aliphatic rings. The molecule has 0 fully saturated rings. The summed E-state index contributed by atoms with van der Waals surface area (Å²) in [6, 6.07) is 0.505. The highest BCUT2D eigenvalue weighted by atomic mass is 16.4. The number of aliphatic carboxylic acids is 1. The van der Waals surface area contributed by atoms with Crippen LogP contribution in [0.15, 0.2) is 0 Å². The second kappa shape index (κ2) is 8.15.